The number of amides is 1. The predicted octanol–water partition coefficient (Wildman–Crippen LogP) is 1.67. The Balaban J connectivity index is 2.06. The van der Waals surface area contributed by atoms with Crippen molar-refractivity contribution in [2.75, 3.05) is 6.61 Å². The maximum Gasteiger partial charge on any atom is 0.407 e. The lowest BCUT2D eigenvalue weighted by atomic mass is 10.2. The number of carbonyl (C=O) groups is 2. The summed E-state index contributed by atoms with van der Waals surface area (Å²) in [5.41, 5.74) is 1.37. The first kappa shape index (κ1) is 13.6. The standard InChI is InChI=1S/C13H13N3O4/c1-2-3-20-13(19)15-7-10-5-8-4-9(12(17)18)6-14-11(8)16-10/h2,4-6H,1,3,7H2,(H,14,16)(H,15,19)(H,17,18). The van der Waals surface area contributed by atoms with E-state index in [1.165, 1.54) is 18.3 Å². The Morgan fingerprint density at radius 1 is 1.50 bits per heavy atom. The number of H-pyrrole nitrogens is 1. The molecule has 7 heteroatoms. The van der Waals surface area contributed by atoms with E-state index in [-0.39, 0.29) is 18.7 Å². The average Bonchev–Trinajstić information content (AvgIpc) is 2.84. The Morgan fingerprint density at radius 3 is 3.00 bits per heavy atom. The number of carbonyl (C=O) groups excluding carboxylic acids is 1. The smallest absolute Gasteiger partial charge is 0.407 e. The minimum Gasteiger partial charge on any atom is -0.478 e. The van der Waals surface area contributed by atoms with Crippen molar-refractivity contribution >= 4 is 23.1 Å². The van der Waals surface area contributed by atoms with Gasteiger partial charge in [-0.15, -0.1) is 0 Å². The Bertz CT molecular complexity index is 663. The third kappa shape index (κ3) is 3.14. The van der Waals surface area contributed by atoms with Crippen LogP contribution >= 0.6 is 0 Å². The summed E-state index contributed by atoms with van der Waals surface area (Å²) in [5.74, 6) is -1.03. The molecule has 0 saturated heterocycles. The van der Waals surface area contributed by atoms with Gasteiger partial charge in [-0.3, -0.25) is 0 Å². The molecule has 0 bridgehead atoms. The molecule has 0 aliphatic rings. The van der Waals surface area contributed by atoms with Crippen LogP contribution in [-0.4, -0.2) is 33.7 Å². The lowest BCUT2D eigenvalue weighted by Gasteiger charge is -2.03. The van der Waals surface area contributed by atoms with E-state index >= 15 is 0 Å². The highest BCUT2D eigenvalue weighted by Crippen LogP contribution is 2.14. The van der Waals surface area contributed by atoms with Gasteiger partial charge in [0.1, 0.15) is 12.3 Å². The largest absolute Gasteiger partial charge is 0.478 e. The summed E-state index contributed by atoms with van der Waals surface area (Å²) in [6.07, 6.45) is 2.19. The van der Waals surface area contributed by atoms with Crippen molar-refractivity contribution in [3.63, 3.8) is 0 Å². The Labute approximate surface area is 114 Å². The SMILES string of the molecule is C=CCOC(=O)NCc1cc2cc(C(=O)O)cnc2[nH]1. The molecule has 0 radical (unpaired) electrons. The van der Waals surface area contributed by atoms with E-state index < -0.39 is 12.1 Å². The molecule has 104 valence electrons. The number of hydrogen-bond donors (Lipinski definition) is 3. The van der Waals surface area contributed by atoms with Crippen LogP contribution in [0.3, 0.4) is 0 Å². The number of pyridine rings is 1. The first-order chi connectivity index (χ1) is 9.60. The van der Waals surface area contributed by atoms with Gasteiger partial charge in [0, 0.05) is 17.3 Å². The van der Waals surface area contributed by atoms with Gasteiger partial charge in [-0.25, -0.2) is 14.6 Å². The minimum absolute atomic E-state index is 0.112. The van der Waals surface area contributed by atoms with Crippen LogP contribution < -0.4 is 5.32 Å². The molecule has 2 aromatic heterocycles. The fourth-order valence-electron chi connectivity index (χ4n) is 1.64. The third-order valence-electron chi connectivity index (χ3n) is 2.53. The van der Waals surface area contributed by atoms with Gasteiger partial charge in [0.15, 0.2) is 0 Å². The van der Waals surface area contributed by atoms with Crippen molar-refractivity contribution in [3.05, 3.63) is 42.2 Å². The van der Waals surface area contributed by atoms with Gasteiger partial charge in [0.25, 0.3) is 0 Å². The molecular formula is C13H13N3O4. The molecule has 3 N–H and O–H groups in total. The van der Waals surface area contributed by atoms with Crippen LogP contribution in [0.1, 0.15) is 16.1 Å². The van der Waals surface area contributed by atoms with Crippen LogP contribution in [0.25, 0.3) is 11.0 Å². The zero-order valence-corrected chi connectivity index (χ0v) is 10.5. The summed E-state index contributed by atoms with van der Waals surface area (Å²) < 4.78 is 4.76. The average molecular weight is 275 g/mol. The second-order valence-corrected chi connectivity index (χ2v) is 4.00. The van der Waals surface area contributed by atoms with Crippen molar-refractivity contribution in [2.45, 2.75) is 6.54 Å². The summed E-state index contributed by atoms with van der Waals surface area (Å²) >= 11 is 0. The Morgan fingerprint density at radius 2 is 2.30 bits per heavy atom. The van der Waals surface area contributed by atoms with Gasteiger partial charge < -0.3 is 20.1 Å². The number of nitrogens with one attached hydrogen (secondary N) is 2. The number of alkyl carbamates (subject to hydrolysis) is 1. The molecule has 0 spiro atoms. The molecule has 20 heavy (non-hydrogen) atoms. The minimum atomic E-state index is -1.03. The number of aromatic amines is 1. The first-order valence-corrected chi connectivity index (χ1v) is 5.82. The van der Waals surface area contributed by atoms with Crippen LogP contribution in [-0.2, 0) is 11.3 Å². The number of rotatable bonds is 5. The van der Waals surface area contributed by atoms with Crippen LogP contribution in [0.5, 0.6) is 0 Å². The number of fused-ring (bicyclic) bond motifs is 1. The van der Waals surface area contributed by atoms with Gasteiger partial charge >= 0.3 is 12.1 Å². The Hall–Kier alpha value is -2.83. The molecule has 0 atom stereocenters. The molecule has 1 amide bonds. The zero-order chi connectivity index (χ0) is 14.5. The van der Waals surface area contributed by atoms with E-state index in [9.17, 15) is 9.59 Å². The van der Waals surface area contributed by atoms with E-state index in [1.807, 2.05) is 0 Å². The topological polar surface area (TPSA) is 104 Å². The number of nitrogens with zero attached hydrogens (tertiary/aromatic N) is 1. The normalized spacial score (nSPS) is 10.2. The molecule has 0 saturated carbocycles. The lowest BCUT2D eigenvalue weighted by molar-refractivity contribution is 0.0696. The molecule has 0 aromatic carbocycles. The quantitative estimate of drug-likeness (QED) is 0.720. The van der Waals surface area contributed by atoms with Crippen molar-refractivity contribution < 1.29 is 19.4 Å². The summed E-state index contributed by atoms with van der Waals surface area (Å²) in [4.78, 5) is 29.1. The van der Waals surface area contributed by atoms with E-state index in [1.54, 1.807) is 6.07 Å². The van der Waals surface area contributed by atoms with Gasteiger partial charge in [-0.1, -0.05) is 12.7 Å². The molecule has 0 aliphatic heterocycles. The summed E-state index contributed by atoms with van der Waals surface area (Å²) in [7, 11) is 0. The molecular weight excluding hydrogens is 262 g/mol. The number of ether oxygens (including phenoxy) is 1. The predicted molar refractivity (Wildman–Crippen MR) is 71.4 cm³/mol. The number of hydrogen-bond acceptors (Lipinski definition) is 4. The highest BCUT2D eigenvalue weighted by atomic mass is 16.5. The highest BCUT2D eigenvalue weighted by molar-refractivity contribution is 5.91. The molecule has 2 rings (SSSR count). The molecule has 2 aromatic rings. The molecule has 7 nitrogen and oxygen atoms in total. The highest BCUT2D eigenvalue weighted by Gasteiger charge is 2.08. The van der Waals surface area contributed by atoms with E-state index in [2.05, 4.69) is 21.9 Å². The van der Waals surface area contributed by atoms with Gasteiger partial charge in [0.2, 0.25) is 0 Å². The second kappa shape index (κ2) is 5.87. The van der Waals surface area contributed by atoms with Crippen LogP contribution in [0.15, 0.2) is 31.0 Å². The second-order valence-electron chi connectivity index (χ2n) is 4.00. The van der Waals surface area contributed by atoms with Crippen molar-refractivity contribution in [1.29, 1.82) is 0 Å². The molecule has 0 fully saturated rings. The number of aromatic carboxylic acids is 1. The maximum atomic E-state index is 11.2. The first-order valence-electron chi connectivity index (χ1n) is 5.82. The molecule has 0 unspecified atom stereocenters. The third-order valence-corrected chi connectivity index (χ3v) is 2.53. The van der Waals surface area contributed by atoms with E-state index in [0.29, 0.717) is 16.7 Å². The van der Waals surface area contributed by atoms with Crippen molar-refractivity contribution in [3.8, 4) is 0 Å². The fourth-order valence-corrected chi connectivity index (χ4v) is 1.64. The van der Waals surface area contributed by atoms with Crippen LogP contribution in [0.2, 0.25) is 0 Å². The van der Waals surface area contributed by atoms with E-state index in [4.69, 9.17) is 9.84 Å². The number of aromatic nitrogens is 2. The zero-order valence-electron chi connectivity index (χ0n) is 10.5. The van der Waals surface area contributed by atoms with Gasteiger partial charge in [-0.05, 0) is 12.1 Å². The number of carboxylic acid groups (broad SMARTS) is 1. The lowest BCUT2D eigenvalue weighted by Crippen LogP contribution is -2.23. The van der Waals surface area contributed by atoms with Gasteiger partial charge in [0.05, 0.1) is 12.1 Å². The Kier molecular flexibility index (Phi) is 3.99. The van der Waals surface area contributed by atoms with Crippen LogP contribution in [0, 0.1) is 0 Å². The molecule has 0 aliphatic carbocycles. The molecule has 2 heterocycles. The van der Waals surface area contributed by atoms with Gasteiger partial charge in [-0.2, -0.15) is 0 Å². The van der Waals surface area contributed by atoms with Crippen molar-refractivity contribution in [2.24, 2.45) is 0 Å². The number of carboxylic acids is 1. The van der Waals surface area contributed by atoms with E-state index in [0.717, 1.165) is 0 Å². The van der Waals surface area contributed by atoms with Crippen molar-refractivity contribution in [1.82, 2.24) is 15.3 Å². The summed E-state index contributed by atoms with van der Waals surface area (Å²) in [6, 6.07) is 3.24. The fraction of sp³-hybridized carbons (Fsp3) is 0.154. The summed E-state index contributed by atoms with van der Waals surface area (Å²) in [5, 5.41) is 12.1. The maximum absolute atomic E-state index is 11.2. The summed E-state index contributed by atoms with van der Waals surface area (Å²) in [6.45, 7) is 3.81. The van der Waals surface area contributed by atoms with Crippen LogP contribution in [0.4, 0.5) is 4.79 Å². The monoisotopic (exact) mass is 275 g/mol.